The average Bonchev–Trinajstić information content (AvgIpc) is 2.71. The van der Waals surface area contributed by atoms with Crippen LogP contribution in [-0.4, -0.2) is 17.0 Å². The molecule has 0 heterocycles. The Morgan fingerprint density at radius 3 is 2.03 bits per heavy atom. The topological polar surface area (TPSA) is 29.5 Å². The fraction of sp³-hybridized carbons (Fsp3) is 0.862. The van der Waals surface area contributed by atoms with Gasteiger partial charge in [0.05, 0.1) is 5.60 Å². The summed E-state index contributed by atoms with van der Waals surface area (Å²) in [4.78, 5) is 0. The predicted molar refractivity (Wildman–Crippen MR) is 136 cm³/mol. The Bertz CT molecular complexity index is 550. The van der Waals surface area contributed by atoms with Crippen LogP contribution in [0.4, 0.5) is 0 Å². The van der Waals surface area contributed by atoms with E-state index in [1.165, 1.54) is 44.1 Å². The van der Waals surface area contributed by atoms with Gasteiger partial charge in [0.2, 0.25) is 0 Å². The molecule has 0 bridgehead atoms. The van der Waals surface area contributed by atoms with E-state index in [-0.39, 0.29) is 16.9 Å². The third kappa shape index (κ3) is 9.82. The second-order valence-electron chi connectivity index (χ2n) is 12.3. The maximum atomic E-state index is 11.0. The zero-order valence-corrected chi connectivity index (χ0v) is 22.4. The lowest BCUT2D eigenvalue weighted by molar-refractivity contribution is -0.213. The molecule has 2 nitrogen and oxygen atoms in total. The van der Waals surface area contributed by atoms with Crippen LogP contribution in [-0.2, 0) is 4.74 Å². The van der Waals surface area contributed by atoms with Crippen molar-refractivity contribution in [3.63, 3.8) is 0 Å². The Morgan fingerprint density at radius 2 is 1.58 bits per heavy atom. The van der Waals surface area contributed by atoms with Gasteiger partial charge in [-0.25, -0.2) is 0 Å². The molecule has 1 saturated carbocycles. The van der Waals surface area contributed by atoms with Crippen molar-refractivity contribution in [3.05, 3.63) is 23.8 Å². The first-order valence-corrected chi connectivity index (χ1v) is 13.1. The second-order valence-corrected chi connectivity index (χ2v) is 12.3. The number of hydrogen-bond acceptors (Lipinski definition) is 2. The summed E-state index contributed by atoms with van der Waals surface area (Å²) in [7, 11) is 0. The van der Waals surface area contributed by atoms with Crippen LogP contribution in [0.3, 0.4) is 0 Å². The molecule has 2 aliphatic rings. The van der Waals surface area contributed by atoms with Gasteiger partial charge in [0.25, 0.3) is 0 Å². The van der Waals surface area contributed by atoms with Crippen LogP contribution in [0.5, 0.6) is 0 Å². The molecule has 2 rings (SSSR count). The summed E-state index contributed by atoms with van der Waals surface area (Å²) in [5.41, 5.74) is 1.87. The summed E-state index contributed by atoms with van der Waals surface area (Å²) in [5.74, 6) is 0.590. The molecule has 182 valence electrons. The quantitative estimate of drug-likeness (QED) is 0.405. The van der Waals surface area contributed by atoms with E-state index in [0.29, 0.717) is 11.3 Å². The van der Waals surface area contributed by atoms with Crippen molar-refractivity contribution in [2.24, 2.45) is 22.7 Å². The third-order valence-corrected chi connectivity index (χ3v) is 7.10. The van der Waals surface area contributed by atoms with Gasteiger partial charge in [-0.3, -0.25) is 0 Å². The van der Waals surface area contributed by atoms with Gasteiger partial charge >= 0.3 is 0 Å². The lowest BCUT2D eigenvalue weighted by atomic mass is 9.66. The molecule has 2 aliphatic carbocycles. The number of aliphatic hydroxyl groups is 1. The summed E-state index contributed by atoms with van der Waals surface area (Å²) >= 11 is 0. The summed E-state index contributed by atoms with van der Waals surface area (Å²) in [5, 5.41) is 11.0. The van der Waals surface area contributed by atoms with Crippen LogP contribution in [0.1, 0.15) is 127 Å². The molecule has 31 heavy (non-hydrogen) atoms. The molecule has 0 spiro atoms. The van der Waals surface area contributed by atoms with Crippen LogP contribution in [0.15, 0.2) is 23.8 Å². The van der Waals surface area contributed by atoms with Gasteiger partial charge in [0.1, 0.15) is 0 Å². The Morgan fingerprint density at radius 1 is 1.00 bits per heavy atom. The average molecular weight is 435 g/mol. The number of allylic oxidation sites excluding steroid dienone is 3. The number of unbranched alkanes of at least 4 members (excludes halogenated alkanes) is 1. The van der Waals surface area contributed by atoms with E-state index in [0.717, 1.165) is 25.7 Å². The highest BCUT2D eigenvalue weighted by atomic mass is 16.6. The second kappa shape index (κ2) is 12.6. The van der Waals surface area contributed by atoms with E-state index in [9.17, 15) is 5.11 Å². The number of hydrogen-bond donors (Lipinski definition) is 1. The minimum atomic E-state index is -0.696. The molecule has 0 aromatic carbocycles. The Labute approximate surface area is 194 Å². The van der Waals surface area contributed by atoms with E-state index in [1.54, 1.807) is 0 Å². The minimum Gasteiger partial charge on any atom is -0.367 e. The fourth-order valence-electron chi connectivity index (χ4n) is 4.88. The van der Waals surface area contributed by atoms with Crippen molar-refractivity contribution in [1.82, 2.24) is 0 Å². The number of aliphatic hydroxyl groups excluding tert-OH is 1. The highest BCUT2D eigenvalue weighted by Crippen LogP contribution is 2.44. The van der Waals surface area contributed by atoms with E-state index in [2.05, 4.69) is 80.5 Å². The summed E-state index contributed by atoms with van der Waals surface area (Å²) in [6.45, 7) is 20.6. The van der Waals surface area contributed by atoms with Gasteiger partial charge in [-0.05, 0) is 48.9 Å². The van der Waals surface area contributed by atoms with Gasteiger partial charge in [-0.2, -0.15) is 0 Å². The molecule has 2 heteroatoms. The van der Waals surface area contributed by atoms with E-state index in [1.807, 2.05) is 0 Å². The number of rotatable bonds is 7. The maximum absolute atomic E-state index is 11.0. The molecule has 3 unspecified atom stereocenters. The highest BCUT2D eigenvalue weighted by molar-refractivity contribution is 5.24. The van der Waals surface area contributed by atoms with Gasteiger partial charge in [-0.15, -0.1) is 0 Å². The highest BCUT2D eigenvalue weighted by Gasteiger charge is 2.38. The van der Waals surface area contributed by atoms with Gasteiger partial charge < -0.3 is 9.84 Å². The molecule has 1 fully saturated rings. The zero-order valence-electron chi connectivity index (χ0n) is 22.4. The van der Waals surface area contributed by atoms with E-state index in [4.69, 9.17) is 4.74 Å². The first-order valence-electron chi connectivity index (χ1n) is 13.1. The maximum Gasteiger partial charge on any atom is 0.161 e. The van der Waals surface area contributed by atoms with Crippen molar-refractivity contribution < 1.29 is 9.84 Å². The van der Waals surface area contributed by atoms with Crippen molar-refractivity contribution in [2.75, 3.05) is 0 Å². The molecule has 0 aliphatic heterocycles. The van der Waals surface area contributed by atoms with Crippen LogP contribution < -0.4 is 0 Å². The summed E-state index contributed by atoms with van der Waals surface area (Å²) in [6, 6.07) is 0. The van der Waals surface area contributed by atoms with Crippen molar-refractivity contribution in [1.29, 1.82) is 0 Å². The standard InChI is InChI=1S/C25H44O2.C4H10/c1-8-25(15-10-9-11-16-25)27-22(26)20-14-12-13-19(17-20)21(24(5,6)7)18-23(2,3)4;1-3-4-2/h12-14,20-22,26H,8-11,15-18H2,1-7H3;3-4H2,1-2H3. The predicted octanol–water partition coefficient (Wildman–Crippen LogP) is 8.84. The molecule has 0 amide bonds. The van der Waals surface area contributed by atoms with Crippen LogP contribution in [0, 0.1) is 22.7 Å². The third-order valence-electron chi connectivity index (χ3n) is 7.10. The van der Waals surface area contributed by atoms with Crippen LogP contribution >= 0.6 is 0 Å². The van der Waals surface area contributed by atoms with Crippen molar-refractivity contribution in [3.8, 4) is 0 Å². The van der Waals surface area contributed by atoms with Crippen molar-refractivity contribution >= 4 is 0 Å². The minimum absolute atomic E-state index is 0.0696. The first-order chi connectivity index (χ1) is 14.4. The normalized spacial score (nSPS) is 23.4. The Hall–Kier alpha value is -0.600. The van der Waals surface area contributed by atoms with Crippen LogP contribution in [0.25, 0.3) is 0 Å². The lowest BCUT2D eigenvalue weighted by Gasteiger charge is -2.42. The lowest BCUT2D eigenvalue weighted by Crippen LogP contribution is -2.41. The van der Waals surface area contributed by atoms with Gasteiger partial charge in [0, 0.05) is 5.92 Å². The first kappa shape index (κ1) is 28.4. The zero-order chi connectivity index (χ0) is 23.7. The molecular formula is C29H54O2. The molecule has 0 saturated heterocycles. The molecule has 0 aromatic heterocycles. The number of ether oxygens (including phenoxy) is 1. The summed E-state index contributed by atoms with van der Waals surface area (Å²) in [6.07, 6.45) is 17.5. The Balaban J connectivity index is 0.00000110. The molecule has 0 radical (unpaired) electrons. The monoisotopic (exact) mass is 434 g/mol. The largest absolute Gasteiger partial charge is 0.367 e. The summed E-state index contributed by atoms with van der Waals surface area (Å²) < 4.78 is 6.36. The molecular weight excluding hydrogens is 380 g/mol. The molecule has 1 N–H and O–H groups in total. The smallest absolute Gasteiger partial charge is 0.161 e. The van der Waals surface area contributed by atoms with Gasteiger partial charge in [0.15, 0.2) is 6.29 Å². The van der Waals surface area contributed by atoms with Gasteiger partial charge in [-0.1, -0.05) is 118 Å². The molecule has 3 atom stereocenters. The Kier molecular flexibility index (Phi) is 11.5. The van der Waals surface area contributed by atoms with E-state index < -0.39 is 6.29 Å². The van der Waals surface area contributed by atoms with E-state index >= 15 is 0 Å². The SMILES string of the molecule is CCC1(OC(O)C2C=CC=C(C(CC(C)(C)C)C(C)(C)C)C2)CCCCC1.CCCC. The molecule has 0 aromatic rings. The van der Waals surface area contributed by atoms with Crippen LogP contribution in [0.2, 0.25) is 0 Å². The van der Waals surface area contributed by atoms with Crippen molar-refractivity contribution in [2.45, 2.75) is 138 Å². The fourth-order valence-corrected chi connectivity index (χ4v) is 4.88.